The van der Waals surface area contributed by atoms with E-state index in [0.717, 1.165) is 22.4 Å². The van der Waals surface area contributed by atoms with Crippen LogP contribution in [0.25, 0.3) is 0 Å². The number of rotatable bonds is 7. The van der Waals surface area contributed by atoms with Crippen molar-refractivity contribution < 1.29 is 19.1 Å². The van der Waals surface area contributed by atoms with E-state index in [4.69, 9.17) is 10.5 Å². The van der Waals surface area contributed by atoms with Crippen LogP contribution in [0.15, 0.2) is 12.1 Å². The summed E-state index contributed by atoms with van der Waals surface area (Å²) in [6.45, 7) is 5.51. The van der Waals surface area contributed by atoms with Crippen molar-refractivity contribution in [3.8, 4) is 5.75 Å². The molecule has 8 heteroatoms. The fourth-order valence-electron chi connectivity index (χ4n) is 3.07. The highest BCUT2D eigenvalue weighted by atomic mass is 16.5. The molecule has 1 atom stereocenters. The minimum absolute atomic E-state index is 0.0205. The summed E-state index contributed by atoms with van der Waals surface area (Å²) in [6.07, 6.45) is -0.0205. The number of carbonyl (C=O) groups excluding carboxylic acids is 3. The lowest BCUT2D eigenvalue weighted by atomic mass is 10.00. The summed E-state index contributed by atoms with van der Waals surface area (Å²) >= 11 is 0. The van der Waals surface area contributed by atoms with E-state index in [1.54, 1.807) is 7.11 Å². The van der Waals surface area contributed by atoms with Crippen LogP contribution in [0.1, 0.15) is 23.1 Å². The van der Waals surface area contributed by atoms with Gasteiger partial charge in [-0.1, -0.05) is 6.07 Å². The molecule has 1 aliphatic rings. The Morgan fingerprint density at radius 2 is 2.08 bits per heavy atom. The maximum Gasteiger partial charge on any atom is 0.237 e. The van der Waals surface area contributed by atoms with Crippen LogP contribution in [0.3, 0.4) is 0 Å². The Morgan fingerprint density at radius 3 is 2.73 bits per heavy atom. The second kappa shape index (κ2) is 8.66. The van der Waals surface area contributed by atoms with Gasteiger partial charge in [0.15, 0.2) is 0 Å². The van der Waals surface area contributed by atoms with Gasteiger partial charge in [-0.2, -0.15) is 0 Å². The van der Waals surface area contributed by atoms with E-state index in [1.807, 2.05) is 30.9 Å². The Balaban J connectivity index is 2.12. The second-order valence-corrected chi connectivity index (χ2v) is 6.40. The zero-order chi connectivity index (χ0) is 19.3. The Hall–Kier alpha value is -2.61. The summed E-state index contributed by atoms with van der Waals surface area (Å²) in [4.78, 5) is 37.1. The first-order valence-corrected chi connectivity index (χ1v) is 8.53. The SMILES string of the molecule is COc1ccc(CN2CCNC(=O)[C@H]2CC(=O)NCC(N)=O)c(C)c1C. The topological polar surface area (TPSA) is 114 Å². The summed E-state index contributed by atoms with van der Waals surface area (Å²) in [5, 5.41) is 5.22. The molecule has 0 radical (unpaired) electrons. The quantitative estimate of drug-likeness (QED) is 0.611. The number of hydrogen-bond donors (Lipinski definition) is 3. The Bertz CT molecular complexity index is 705. The van der Waals surface area contributed by atoms with Crippen molar-refractivity contribution in [2.75, 3.05) is 26.7 Å². The van der Waals surface area contributed by atoms with Gasteiger partial charge in [0.25, 0.3) is 0 Å². The van der Waals surface area contributed by atoms with Crippen molar-refractivity contribution >= 4 is 17.7 Å². The molecular formula is C18H26N4O4. The normalized spacial score (nSPS) is 17.5. The van der Waals surface area contributed by atoms with Crippen LogP contribution < -0.4 is 21.1 Å². The first-order valence-electron chi connectivity index (χ1n) is 8.53. The molecule has 1 aromatic rings. The molecule has 4 N–H and O–H groups in total. The van der Waals surface area contributed by atoms with Gasteiger partial charge in [0, 0.05) is 19.6 Å². The van der Waals surface area contributed by atoms with Gasteiger partial charge in [0.2, 0.25) is 17.7 Å². The van der Waals surface area contributed by atoms with Gasteiger partial charge in [0.05, 0.1) is 26.1 Å². The molecule has 3 amide bonds. The standard InChI is InChI=1S/C18H26N4O4/c1-11-12(2)15(26-3)5-4-13(11)10-22-7-6-20-18(25)14(22)8-17(24)21-9-16(19)23/h4-5,14H,6-10H2,1-3H3,(H2,19,23)(H,20,25)(H,21,24)/t14-/m1/s1. The molecule has 0 saturated carbocycles. The van der Waals surface area contributed by atoms with Gasteiger partial charge in [-0.25, -0.2) is 0 Å². The second-order valence-electron chi connectivity index (χ2n) is 6.40. The highest BCUT2D eigenvalue weighted by Crippen LogP contribution is 2.25. The fourth-order valence-corrected chi connectivity index (χ4v) is 3.07. The van der Waals surface area contributed by atoms with Gasteiger partial charge in [0.1, 0.15) is 5.75 Å². The molecule has 2 rings (SSSR count). The van der Waals surface area contributed by atoms with Crippen LogP contribution in [0.4, 0.5) is 0 Å². The number of primary amides is 1. The van der Waals surface area contributed by atoms with Crippen LogP contribution >= 0.6 is 0 Å². The lowest BCUT2D eigenvalue weighted by Gasteiger charge is -2.35. The van der Waals surface area contributed by atoms with E-state index in [9.17, 15) is 14.4 Å². The van der Waals surface area contributed by atoms with Crippen LogP contribution in [0.5, 0.6) is 5.75 Å². The lowest BCUT2D eigenvalue weighted by molar-refractivity contribution is -0.134. The summed E-state index contributed by atoms with van der Waals surface area (Å²) in [6, 6.07) is 3.31. The number of amides is 3. The van der Waals surface area contributed by atoms with E-state index >= 15 is 0 Å². The van der Waals surface area contributed by atoms with Crippen molar-refractivity contribution in [3.05, 3.63) is 28.8 Å². The molecule has 1 aromatic carbocycles. The number of nitrogens with two attached hydrogens (primary N) is 1. The number of piperazine rings is 1. The molecule has 0 aliphatic carbocycles. The van der Waals surface area contributed by atoms with Crippen molar-refractivity contribution in [2.45, 2.75) is 32.9 Å². The predicted octanol–water partition coefficient (Wildman–Crippen LogP) is -0.396. The fraction of sp³-hybridized carbons (Fsp3) is 0.500. The van der Waals surface area contributed by atoms with E-state index in [1.165, 1.54) is 0 Å². The van der Waals surface area contributed by atoms with Crippen molar-refractivity contribution in [2.24, 2.45) is 5.73 Å². The molecule has 0 spiro atoms. The maximum absolute atomic E-state index is 12.3. The van der Waals surface area contributed by atoms with E-state index in [0.29, 0.717) is 19.6 Å². The average molecular weight is 362 g/mol. The highest BCUT2D eigenvalue weighted by Gasteiger charge is 2.32. The minimum atomic E-state index is -0.618. The molecule has 0 bridgehead atoms. The number of methoxy groups -OCH3 is 1. The largest absolute Gasteiger partial charge is 0.496 e. The Kier molecular flexibility index (Phi) is 6.57. The van der Waals surface area contributed by atoms with Crippen LogP contribution in [-0.4, -0.2) is 55.4 Å². The smallest absolute Gasteiger partial charge is 0.237 e. The molecular weight excluding hydrogens is 336 g/mol. The molecule has 1 heterocycles. The van der Waals surface area contributed by atoms with Crippen molar-refractivity contribution in [1.29, 1.82) is 0 Å². The molecule has 1 fully saturated rings. The van der Waals surface area contributed by atoms with Crippen LogP contribution in [0.2, 0.25) is 0 Å². The Labute approximate surface area is 153 Å². The third-order valence-corrected chi connectivity index (χ3v) is 4.72. The van der Waals surface area contributed by atoms with E-state index in [-0.39, 0.29) is 24.8 Å². The highest BCUT2D eigenvalue weighted by molar-refractivity contribution is 5.90. The number of nitrogens with one attached hydrogen (secondary N) is 2. The third kappa shape index (κ3) is 4.72. The first-order chi connectivity index (χ1) is 12.3. The molecule has 142 valence electrons. The third-order valence-electron chi connectivity index (χ3n) is 4.72. The molecule has 8 nitrogen and oxygen atoms in total. The predicted molar refractivity (Wildman–Crippen MR) is 96.5 cm³/mol. The van der Waals surface area contributed by atoms with Crippen LogP contribution in [-0.2, 0) is 20.9 Å². The van der Waals surface area contributed by atoms with Gasteiger partial charge in [-0.15, -0.1) is 0 Å². The average Bonchev–Trinajstić information content (AvgIpc) is 2.60. The number of ether oxygens (including phenoxy) is 1. The first kappa shape index (κ1) is 19.7. The van der Waals surface area contributed by atoms with Crippen molar-refractivity contribution in [1.82, 2.24) is 15.5 Å². The number of nitrogens with zero attached hydrogens (tertiary/aromatic N) is 1. The summed E-state index contributed by atoms with van der Waals surface area (Å²) in [5.41, 5.74) is 8.28. The van der Waals surface area contributed by atoms with Gasteiger partial charge < -0.3 is 21.1 Å². The van der Waals surface area contributed by atoms with E-state index in [2.05, 4.69) is 10.6 Å². The van der Waals surface area contributed by atoms with Crippen LogP contribution in [0, 0.1) is 13.8 Å². The van der Waals surface area contributed by atoms with Crippen molar-refractivity contribution in [3.63, 3.8) is 0 Å². The lowest BCUT2D eigenvalue weighted by Crippen LogP contribution is -2.56. The summed E-state index contributed by atoms with van der Waals surface area (Å²) in [7, 11) is 1.64. The monoisotopic (exact) mass is 362 g/mol. The molecule has 26 heavy (non-hydrogen) atoms. The van der Waals surface area contributed by atoms with Gasteiger partial charge in [-0.05, 0) is 36.6 Å². The number of carbonyl (C=O) groups is 3. The van der Waals surface area contributed by atoms with Gasteiger partial charge >= 0.3 is 0 Å². The van der Waals surface area contributed by atoms with Gasteiger partial charge in [-0.3, -0.25) is 19.3 Å². The molecule has 1 saturated heterocycles. The summed E-state index contributed by atoms with van der Waals surface area (Å²) in [5.74, 6) is -0.357. The number of hydrogen-bond acceptors (Lipinski definition) is 5. The van der Waals surface area contributed by atoms with E-state index < -0.39 is 11.9 Å². The molecule has 0 unspecified atom stereocenters. The minimum Gasteiger partial charge on any atom is -0.496 e. The zero-order valence-corrected chi connectivity index (χ0v) is 15.4. The Morgan fingerprint density at radius 1 is 1.35 bits per heavy atom. The zero-order valence-electron chi connectivity index (χ0n) is 15.4. The summed E-state index contributed by atoms with van der Waals surface area (Å²) < 4.78 is 5.34. The maximum atomic E-state index is 12.3. The molecule has 0 aromatic heterocycles. The number of benzene rings is 1. The molecule has 1 aliphatic heterocycles.